The van der Waals surface area contributed by atoms with Crippen molar-refractivity contribution in [3.8, 4) is 0 Å². The minimum absolute atomic E-state index is 0.793. The summed E-state index contributed by atoms with van der Waals surface area (Å²) in [5, 5.41) is 0. The van der Waals surface area contributed by atoms with Gasteiger partial charge in [0.2, 0.25) is 0 Å². The van der Waals surface area contributed by atoms with Crippen molar-refractivity contribution in [2.75, 3.05) is 0 Å². The Morgan fingerprint density at radius 1 is 0.769 bits per heavy atom. The molecule has 1 aromatic carbocycles. The second-order valence-corrected chi connectivity index (χ2v) is 12.1. The first kappa shape index (κ1) is 33.2. The SMILES string of the molecule is CCC/C=C(/C(CCC(CCC)CC(CCC)CCC)=C(/C)c1cc(CCC)c(C)cc1C)c1ccc(C)o1. The molecule has 1 aromatic heterocycles. The molecule has 1 unspecified atom stereocenters. The minimum atomic E-state index is 0.793. The van der Waals surface area contributed by atoms with Gasteiger partial charge < -0.3 is 4.42 Å². The number of unbranched alkanes of at least 4 members (excludes halogenated alkanes) is 1. The summed E-state index contributed by atoms with van der Waals surface area (Å²) in [6.07, 6.45) is 18.8. The molecule has 0 spiro atoms. The fraction of sp³-hybridized carbons (Fsp3) is 0.632. The van der Waals surface area contributed by atoms with Crippen LogP contribution in [0, 0.1) is 32.6 Å². The summed E-state index contributed by atoms with van der Waals surface area (Å²) in [5.41, 5.74) is 10.0. The molecule has 1 heterocycles. The highest BCUT2D eigenvalue weighted by Gasteiger charge is 2.21. The van der Waals surface area contributed by atoms with Gasteiger partial charge in [-0.3, -0.25) is 0 Å². The molecule has 0 N–H and O–H groups in total. The predicted molar refractivity (Wildman–Crippen MR) is 174 cm³/mol. The van der Waals surface area contributed by atoms with Crippen molar-refractivity contribution in [2.24, 2.45) is 11.8 Å². The Morgan fingerprint density at radius 2 is 1.41 bits per heavy atom. The molecular weight excluding hydrogens is 472 g/mol. The molecule has 0 saturated heterocycles. The molecule has 0 saturated carbocycles. The van der Waals surface area contributed by atoms with E-state index in [1.165, 1.54) is 96.8 Å². The van der Waals surface area contributed by atoms with E-state index >= 15 is 0 Å². The number of hydrogen-bond donors (Lipinski definition) is 0. The van der Waals surface area contributed by atoms with Crippen LogP contribution in [0.25, 0.3) is 11.1 Å². The minimum Gasteiger partial charge on any atom is -0.461 e. The summed E-state index contributed by atoms with van der Waals surface area (Å²) in [5.74, 6) is 3.70. The van der Waals surface area contributed by atoms with Crippen LogP contribution in [-0.2, 0) is 6.42 Å². The van der Waals surface area contributed by atoms with Crippen molar-refractivity contribution in [1.29, 1.82) is 0 Å². The maximum atomic E-state index is 6.30. The number of rotatable bonds is 18. The van der Waals surface area contributed by atoms with Crippen LogP contribution in [0.15, 0.2) is 40.3 Å². The van der Waals surface area contributed by atoms with Crippen LogP contribution in [0.2, 0.25) is 0 Å². The third-order valence-electron chi connectivity index (χ3n) is 8.59. The summed E-state index contributed by atoms with van der Waals surface area (Å²) < 4.78 is 6.30. The zero-order valence-corrected chi connectivity index (χ0v) is 27.1. The summed E-state index contributed by atoms with van der Waals surface area (Å²) in [6, 6.07) is 9.22. The summed E-state index contributed by atoms with van der Waals surface area (Å²) in [7, 11) is 0. The number of aryl methyl sites for hydroxylation is 4. The van der Waals surface area contributed by atoms with Crippen molar-refractivity contribution in [3.63, 3.8) is 0 Å². The molecule has 218 valence electrons. The summed E-state index contributed by atoms with van der Waals surface area (Å²) in [6.45, 7) is 20.7. The maximum Gasteiger partial charge on any atom is 0.134 e. The number of furan rings is 1. The Balaban J connectivity index is 2.60. The monoisotopic (exact) mass is 532 g/mol. The highest BCUT2D eigenvalue weighted by molar-refractivity contribution is 5.88. The lowest BCUT2D eigenvalue weighted by Gasteiger charge is -2.25. The van der Waals surface area contributed by atoms with E-state index in [-0.39, 0.29) is 0 Å². The van der Waals surface area contributed by atoms with E-state index in [0.717, 1.165) is 49.0 Å². The van der Waals surface area contributed by atoms with Gasteiger partial charge in [0.05, 0.1) is 0 Å². The van der Waals surface area contributed by atoms with Crippen LogP contribution in [0.5, 0.6) is 0 Å². The molecule has 0 aliphatic heterocycles. The number of hydrogen-bond acceptors (Lipinski definition) is 1. The van der Waals surface area contributed by atoms with Crippen LogP contribution in [0.3, 0.4) is 0 Å². The lowest BCUT2D eigenvalue weighted by molar-refractivity contribution is 0.303. The first-order valence-electron chi connectivity index (χ1n) is 16.4. The maximum absolute atomic E-state index is 6.30. The van der Waals surface area contributed by atoms with Gasteiger partial charge >= 0.3 is 0 Å². The van der Waals surface area contributed by atoms with Crippen molar-refractivity contribution < 1.29 is 4.42 Å². The Hall–Kier alpha value is -2.02. The molecule has 1 nitrogen and oxygen atoms in total. The third kappa shape index (κ3) is 10.1. The normalized spacial score (nSPS) is 13.7. The quantitative estimate of drug-likeness (QED) is 0.174. The van der Waals surface area contributed by atoms with Crippen LogP contribution in [0.4, 0.5) is 0 Å². The molecular formula is C38H60O. The van der Waals surface area contributed by atoms with Crippen LogP contribution >= 0.6 is 0 Å². The van der Waals surface area contributed by atoms with Gasteiger partial charge in [-0.2, -0.15) is 0 Å². The Morgan fingerprint density at radius 3 is 1.95 bits per heavy atom. The van der Waals surface area contributed by atoms with Gasteiger partial charge in [-0.05, 0) is 117 Å². The van der Waals surface area contributed by atoms with E-state index in [1.807, 2.05) is 0 Å². The molecule has 1 heteroatoms. The Kier molecular flexibility index (Phi) is 15.0. The lowest BCUT2D eigenvalue weighted by Crippen LogP contribution is -2.10. The van der Waals surface area contributed by atoms with Crippen LogP contribution in [0.1, 0.15) is 152 Å². The molecule has 0 fully saturated rings. The molecule has 39 heavy (non-hydrogen) atoms. The molecule has 0 radical (unpaired) electrons. The standard InChI is InChI=1S/C38H60O/c1-10-15-20-36(38-24-21-30(8)39-38)35(23-22-33(18-13-4)26-32(16-11-2)17-12-3)31(9)37-27-34(19-14-5)28(6)25-29(37)7/h20-21,24-25,27,32-33H,10-19,22-23,26H2,1-9H3/b35-31-,36-20-. The van der Waals surface area contributed by atoms with Gasteiger partial charge in [0.1, 0.15) is 11.5 Å². The highest BCUT2D eigenvalue weighted by atomic mass is 16.3. The highest BCUT2D eigenvalue weighted by Crippen LogP contribution is 2.39. The van der Waals surface area contributed by atoms with Crippen LogP contribution in [-0.4, -0.2) is 0 Å². The Bertz CT molecular complexity index is 1040. The predicted octanol–water partition coefficient (Wildman–Crippen LogP) is 12.6. The van der Waals surface area contributed by atoms with E-state index in [2.05, 4.69) is 92.7 Å². The van der Waals surface area contributed by atoms with Crippen LogP contribution < -0.4 is 0 Å². The van der Waals surface area contributed by atoms with E-state index in [9.17, 15) is 0 Å². The van der Waals surface area contributed by atoms with Crippen molar-refractivity contribution >= 4 is 11.1 Å². The average molecular weight is 533 g/mol. The Labute approximate surface area is 242 Å². The first-order chi connectivity index (χ1) is 18.8. The zero-order chi connectivity index (χ0) is 28.8. The zero-order valence-electron chi connectivity index (χ0n) is 27.1. The van der Waals surface area contributed by atoms with Gasteiger partial charge in [-0.25, -0.2) is 0 Å². The average Bonchev–Trinajstić information content (AvgIpc) is 3.33. The topological polar surface area (TPSA) is 13.1 Å². The number of benzene rings is 1. The van der Waals surface area contributed by atoms with E-state index in [0.29, 0.717) is 0 Å². The smallest absolute Gasteiger partial charge is 0.134 e. The second kappa shape index (κ2) is 17.6. The van der Waals surface area contributed by atoms with Gasteiger partial charge in [-0.15, -0.1) is 0 Å². The molecule has 0 aliphatic carbocycles. The second-order valence-electron chi connectivity index (χ2n) is 12.1. The van der Waals surface area contributed by atoms with Gasteiger partial charge in [0, 0.05) is 5.57 Å². The molecule has 2 rings (SSSR count). The van der Waals surface area contributed by atoms with Crippen molar-refractivity contribution in [2.45, 2.75) is 146 Å². The molecule has 1 atom stereocenters. The third-order valence-corrected chi connectivity index (χ3v) is 8.59. The largest absolute Gasteiger partial charge is 0.461 e. The molecule has 0 amide bonds. The molecule has 2 aromatic rings. The number of allylic oxidation sites excluding steroid dienone is 4. The van der Waals surface area contributed by atoms with E-state index < -0.39 is 0 Å². The van der Waals surface area contributed by atoms with Gasteiger partial charge in [0.25, 0.3) is 0 Å². The fourth-order valence-electron chi connectivity index (χ4n) is 6.57. The summed E-state index contributed by atoms with van der Waals surface area (Å²) >= 11 is 0. The molecule has 0 bridgehead atoms. The lowest BCUT2D eigenvalue weighted by atomic mass is 9.80. The fourth-order valence-corrected chi connectivity index (χ4v) is 6.57. The molecule has 0 aliphatic rings. The van der Waals surface area contributed by atoms with E-state index in [1.54, 1.807) is 0 Å². The van der Waals surface area contributed by atoms with Gasteiger partial charge in [0.15, 0.2) is 0 Å². The van der Waals surface area contributed by atoms with E-state index in [4.69, 9.17) is 4.42 Å². The first-order valence-corrected chi connectivity index (χ1v) is 16.4. The van der Waals surface area contributed by atoms with Crippen molar-refractivity contribution in [3.05, 3.63) is 69.7 Å². The van der Waals surface area contributed by atoms with Gasteiger partial charge in [-0.1, -0.05) is 104 Å². The van der Waals surface area contributed by atoms with Crippen molar-refractivity contribution in [1.82, 2.24) is 0 Å². The summed E-state index contributed by atoms with van der Waals surface area (Å²) in [4.78, 5) is 0.